The second-order valence-corrected chi connectivity index (χ2v) is 8.28. The Balaban J connectivity index is 1.69. The topological polar surface area (TPSA) is 81.8 Å². The van der Waals surface area contributed by atoms with Gasteiger partial charge in [0.05, 0.1) is 33.9 Å². The molecule has 0 atom stereocenters. The van der Waals surface area contributed by atoms with Gasteiger partial charge in [0.25, 0.3) is 5.56 Å². The number of aryl methyl sites for hydroxylation is 3. The molecule has 1 N–H and O–H groups in total. The van der Waals surface area contributed by atoms with Crippen molar-refractivity contribution in [2.75, 3.05) is 5.32 Å². The molecule has 7 nitrogen and oxygen atoms in total. The van der Waals surface area contributed by atoms with E-state index >= 15 is 0 Å². The Hall–Kier alpha value is -3.66. The number of nitrogens with one attached hydrogen (secondary N) is 1. The molecule has 0 radical (unpaired) electrons. The molecule has 4 rings (SSSR count). The van der Waals surface area contributed by atoms with E-state index in [1.807, 2.05) is 32.0 Å². The van der Waals surface area contributed by atoms with Crippen molar-refractivity contribution in [3.63, 3.8) is 0 Å². The summed E-state index contributed by atoms with van der Waals surface area (Å²) >= 11 is 5.95. The molecule has 2 aromatic heterocycles. The number of carbonyl (C=O) groups is 1. The van der Waals surface area contributed by atoms with Crippen LogP contribution in [0.4, 0.5) is 18.9 Å². The van der Waals surface area contributed by atoms with Crippen LogP contribution >= 0.6 is 11.6 Å². The van der Waals surface area contributed by atoms with Crippen LogP contribution in [-0.4, -0.2) is 25.5 Å². The highest BCUT2D eigenvalue weighted by atomic mass is 35.5. The van der Waals surface area contributed by atoms with Gasteiger partial charge in [0.1, 0.15) is 12.1 Å². The molecular formula is C23H19ClF3N5O2. The lowest BCUT2D eigenvalue weighted by Crippen LogP contribution is -2.31. The van der Waals surface area contributed by atoms with E-state index in [-0.39, 0.29) is 16.2 Å². The minimum Gasteiger partial charge on any atom is -0.323 e. The van der Waals surface area contributed by atoms with E-state index in [1.165, 1.54) is 10.9 Å². The van der Waals surface area contributed by atoms with Gasteiger partial charge in [-0.05, 0) is 62.2 Å². The van der Waals surface area contributed by atoms with Crippen molar-refractivity contribution in [1.82, 2.24) is 19.6 Å². The van der Waals surface area contributed by atoms with E-state index in [0.29, 0.717) is 16.8 Å². The van der Waals surface area contributed by atoms with Crippen molar-refractivity contribution in [2.45, 2.75) is 33.5 Å². The Labute approximate surface area is 196 Å². The van der Waals surface area contributed by atoms with Crippen molar-refractivity contribution in [3.8, 4) is 5.69 Å². The summed E-state index contributed by atoms with van der Waals surface area (Å²) in [6.07, 6.45) is -3.07. The van der Waals surface area contributed by atoms with Gasteiger partial charge in [-0.2, -0.15) is 23.4 Å². The molecule has 0 saturated heterocycles. The maximum absolute atomic E-state index is 13.2. The number of nitrogens with zero attached hydrogens (tertiary/aromatic N) is 4. The second-order valence-electron chi connectivity index (χ2n) is 7.88. The third-order valence-corrected chi connectivity index (χ3v) is 5.79. The number of fused-ring (bicyclic) bond motifs is 1. The smallest absolute Gasteiger partial charge is 0.323 e. The first-order valence-corrected chi connectivity index (χ1v) is 10.5. The number of anilines is 1. The predicted molar refractivity (Wildman–Crippen MR) is 122 cm³/mol. The summed E-state index contributed by atoms with van der Waals surface area (Å²) in [5, 5.41) is 11.3. The number of amides is 1. The highest BCUT2D eigenvalue weighted by Gasteiger charge is 2.31. The lowest BCUT2D eigenvalue weighted by atomic mass is 10.1. The zero-order valence-corrected chi connectivity index (χ0v) is 19.1. The molecule has 0 fully saturated rings. The first-order valence-electron chi connectivity index (χ1n) is 10.2. The van der Waals surface area contributed by atoms with Crippen LogP contribution in [0, 0.1) is 20.8 Å². The van der Waals surface area contributed by atoms with Gasteiger partial charge >= 0.3 is 6.18 Å². The molecule has 0 aliphatic rings. The lowest BCUT2D eigenvalue weighted by Gasteiger charge is -2.12. The molecule has 0 unspecified atom stereocenters. The summed E-state index contributed by atoms with van der Waals surface area (Å²) in [6.45, 7) is 5.06. The molecule has 34 heavy (non-hydrogen) atoms. The van der Waals surface area contributed by atoms with E-state index in [9.17, 15) is 22.8 Å². The normalized spacial score (nSPS) is 11.7. The number of aromatic nitrogens is 4. The van der Waals surface area contributed by atoms with E-state index < -0.39 is 29.8 Å². The fourth-order valence-electron chi connectivity index (χ4n) is 3.51. The molecule has 0 spiro atoms. The Morgan fingerprint density at radius 1 is 1.09 bits per heavy atom. The van der Waals surface area contributed by atoms with E-state index in [0.717, 1.165) is 34.0 Å². The van der Waals surface area contributed by atoms with Gasteiger partial charge in [-0.25, -0.2) is 9.36 Å². The Kier molecular flexibility index (Phi) is 5.94. The van der Waals surface area contributed by atoms with Crippen LogP contribution in [0.1, 0.15) is 22.4 Å². The third-order valence-electron chi connectivity index (χ3n) is 5.46. The minimum absolute atomic E-state index is 0.0684. The van der Waals surface area contributed by atoms with Crippen LogP contribution < -0.4 is 10.9 Å². The van der Waals surface area contributed by atoms with E-state index in [2.05, 4.69) is 15.5 Å². The van der Waals surface area contributed by atoms with Gasteiger partial charge in [0.2, 0.25) is 5.91 Å². The fraction of sp³-hybridized carbons (Fsp3) is 0.217. The Morgan fingerprint density at radius 2 is 1.82 bits per heavy atom. The van der Waals surface area contributed by atoms with Crippen molar-refractivity contribution in [1.29, 1.82) is 0 Å². The zero-order valence-electron chi connectivity index (χ0n) is 18.4. The first-order chi connectivity index (χ1) is 16.0. The van der Waals surface area contributed by atoms with Crippen molar-refractivity contribution in [3.05, 3.63) is 80.4 Å². The molecular weight excluding hydrogens is 471 g/mol. The highest BCUT2D eigenvalue weighted by molar-refractivity contribution is 6.33. The number of hydrogen-bond donors (Lipinski definition) is 1. The van der Waals surface area contributed by atoms with Gasteiger partial charge in [-0.15, -0.1) is 0 Å². The van der Waals surface area contributed by atoms with Crippen LogP contribution in [0.5, 0.6) is 0 Å². The number of alkyl halides is 3. The van der Waals surface area contributed by atoms with Crippen LogP contribution in [0.2, 0.25) is 5.02 Å². The van der Waals surface area contributed by atoms with Crippen molar-refractivity contribution < 1.29 is 18.0 Å². The Bertz CT molecular complexity index is 1490. The van der Waals surface area contributed by atoms with E-state index in [4.69, 9.17) is 11.6 Å². The lowest BCUT2D eigenvalue weighted by molar-refractivity contribution is -0.137. The fourth-order valence-corrected chi connectivity index (χ4v) is 3.67. The summed E-state index contributed by atoms with van der Waals surface area (Å²) in [5.41, 5.74) is 1.74. The summed E-state index contributed by atoms with van der Waals surface area (Å²) in [6, 6.07) is 8.23. The molecule has 1 amide bonds. The maximum atomic E-state index is 13.2. The van der Waals surface area contributed by atoms with Crippen LogP contribution in [0.25, 0.3) is 16.6 Å². The number of rotatable bonds is 4. The van der Waals surface area contributed by atoms with Crippen molar-refractivity contribution in [2.24, 2.45) is 0 Å². The average molecular weight is 490 g/mol. The minimum atomic E-state index is -4.60. The zero-order chi connectivity index (χ0) is 24.8. The summed E-state index contributed by atoms with van der Waals surface area (Å²) in [5.74, 6) is -0.758. The SMILES string of the molecule is Cc1ccc(-n2ncc3c(C)nn(CC(=O)Nc4cc(C(F)(F)F)ccc4Cl)c(=O)c32)cc1C. The summed E-state index contributed by atoms with van der Waals surface area (Å²) < 4.78 is 41.4. The van der Waals surface area contributed by atoms with Crippen LogP contribution in [0.15, 0.2) is 47.4 Å². The standard InChI is InChI=1S/C23H19ClF3N5O2/c1-12-4-6-16(8-13(12)2)32-21-17(10-28-32)14(3)30-31(22(21)34)11-20(33)29-19-9-15(23(25,26)27)5-7-18(19)24/h4-10H,11H2,1-3H3,(H,29,33). The molecule has 4 aromatic rings. The van der Waals surface area contributed by atoms with Gasteiger partial charge in [0, 0.05) is 5.39 Å². The van der Waals surface area contributed by atoms with Crippen LogP contribution in [-0.2, 0) is 17.5 Å². The number of benzene rings is 2. The monoisotopic (exact) mass is 489 g/mol. The van der Waals surface area contributed by atoms with Gasteiger partial charge in [0.15, 0.2) is 0 Å². The number of halogens is 4. The molecule has 11 heteroatoms. The first kappa shape index (κ1) is 23.5. The largest absolute Gasteiger partial charge is 0.416 e. The average Bonchev–Trinajstić information content (AvgIpc) is 3.20. The molecule has 2 heterocycles. The number of carbonyl (C=O) groups excluding carboxylic acids is 1. The second kappa shape index (κ2) is 8.60. The molecule has 0 bridgehead atoms. The summed E-state index contributed by atoms with van der Waals surface area (Å²) in [7, 11) is 0. The third kappa shape index (κ3) is 4.41. The maximum Gasteiger partial charge on any atom is 0.416 e. The molecule has 0 saturated carbocycles. The number of hydrogen-bond acceptors (Lipinski definition) is 4. The molecule has 0 aliphatic carbocycles. The van der Waals surface area contributed by atoms with E-state index in [1.54, 1.807) is 6.92 Å². The Morgan fingerprint density at radius 3 is 2.50 bits per heavy atom. The van der Waals surface area contributed by atoms with Gasteiger partial charge in [-0.1, -0.05) is 17.7 Å². The molecule has 176 valence electrons. The van der Waals surface area contributed by atoms with Crippen LogP contribution in [0.3, 0.4) is 0 Å². The van der Waals surface area contributed by atoms with Crippen molar-refractivity contribution >= 4 is 34.1 Å². The molecule has 0 aliphatic heterocycles. The highest BCUT2D eigenvalue weighted by Crippen LogP contribution is 2.33. The van der Waals surface area contributed by atoms with Gasteiger partial charge < -0.3 is 5.32 Å². The van der Waals surface area contributed by atoms with Gasteiger partial charge in [-0.3, -0.25) is 9.59 Å². The summed E-state index contributed by atoms with van der Waals surface area (Å²) in [4.78, 5) is 25.8. The predicted octanol–water partition coefficient (Wildman–Crippen LogP) is 4.82. The quantitative estimate of drug-likeness (QED) is 0.445. The molecule has 2 aromatic carbocycles.